The second kappa shape index (κ2) is 3.90. The molecule has 2 rings (SSSR count). The van der Waals surface area contributed by atoms with Gasteiger partial charge in [-0.2, -0.15) is 0 Å². The Morgan fingerprint density at radius 3 is 2.87 bits per heavy atom. The van der Waals surface area contributed by atoms with Crippen LogP contribution in [0.1, 0.15) is 18.1 Å². The zero-order valence-electron chi connectivity index (χ0n) is 8.20. The normalized spacial score (nSPS) is 26.3. The molecule has 82 valence electrons. The minimum absolute atomic E-state index is 0.0864. The summed E-state index contributed by atoms with van der Waals surface area (Å²) in [5.41, 5.74) is 0.694. The second-order valence-electron chi connectivity index (χ2n) is 3.89. The number of rotatable bonds is 2. The predicted octanol–water partition coefficient (Wildman–Crippen LogP) is 0.550. The van der Waals surface area contributed by atoms with Crippen LogP contribution in [-0.4, -0.2) is 30.0 Å². The van der Waals surface area contributed by atoms with Crippen molar-refractivity contribution in [3.8, 4) is 0 Å². The van der Waals surface area contributed by atoms with Crippen molar-refractivity contribution < 1.29 is 13.5 Å². The highest BCUT2D eigenvalue weighted by atomic mass is 32.2. The molecule has 1 saturated heterocycles. The highest BCUT2D eigenvalue weighted by molar-refractivity contribution is 7.91. The van der Waals surface area contributed by atoms with Crippen LogP contribution in [0.3, 0.4) is 0 Å². The second-order valence-corrected chi connectivity index (χ2v) is 6.12. The average Bonchev–Trinajstić information content (AvgIpc) is 2.59. The Morgan fingerprint density at radius 2 is 2.33 bits per heavy atom. The van der Waals surface area contributed by atoms with Gasteiger partial charge in [0.25, 0.3) is 0 Å². The Morgan fingerprint density at radius 1 is 1.53 bits per heavy atom. The minimum Gasteiger partial charge on any atom is -0.388 e. The molecule has 0 amide bonds. The maximum absolute atomic E-state index is 11.2. The SMILES string of the molecule is O=S1(=O)CCC(C(O)c2cccnc2)C1. The van der Waals surface area contributed by atoms with Gasteiger partial charge in [-0.1, -0.05) is 6.07 Å². The Hall–Kier alpha value is -0.940. The lowest BCUT2D eigenvalue weighted by Crippen LogP contribution is -2.14. The molecule has 15 heavy (non-hydrogen) atoms. The Labute approximate surface area is 88.9 Å². The van der Waals surface area contributed by atoms with Gasteiger partial charge in [0, 0.05) is 18.3 Å². The molecule has 0 saturated carbocycles. The lowest BCUT2D eigenvalue weighted by Gasteiger charge is -2.16. The lowest BCUT2D eigenvalue weighted by molar-refractivity contribution is 0.120. The van der Waals surface area contributed by atoms with E-state index in [9.17, 15) is 13.5 Å². The first-order chi connectivity index (χ1) is 7.08. The average molecular weight is 227 g/mol. The molecule has 5 heteroatoms. The van der Waals surface area contributed by atoms with E-state index >= 15 is 0 Å². The third-order valence-electron chi connectivity index (χ3n) is 2.74. The van der Waals surface area contributed by atoms with Crippen LogP contribution in [0.5, 0.6) is 0 Å². The van der Waals surface area contributed by atoms with Gasteiger partial charge >= 0.3 is 0 Å². The summed E-state index contributed by atoms with van der Waals surface area (Å²) in [6.45, 7) is 0. The molecular formula is C10H13NO3S. The molecule has 2 heterocycles. The van der Waals surface area contributed by atoms with E-state index in [4.69, 9.17) is 0 Å². The zero-order valence-corrected chi connectivity index (χ0v) is 9.02. The molecule has 2 unspecified atom stereocenters. The summed E-state index contributed by atoms with van der Waals surface area (Å²) in [6, 6.07) is 3.50. The monoisotopic (exact) mass is 227 g/mol. The van der Waals surface area contributed by atoms with Gasteiger partial charge in [-0.3, -0.25) is 4.98 Å². The molecular weight excluding hydrogens is 214 g/mol. The number of nitrogens with zero attached hydrogens (tertiary/aromatic N) is 1. The summed E-state index contributed by atoms with van der Waals surface area (Å²) in [5.74, 6) is 0.0945. The number of sulfone groups is 1. The molecule has 1 aliphatic heterocycles. The van der Waals surface area contributed by atoms with Crippen molar-refractivity contribution in [3.63, 3.8) is 0 Å². The van der Waals surface area contributed by atoms with Crippen molar-refractivity contribution in [3.05, 3.63) is 30.1 Å². The van der Waals surface area contributed by atoms with E-state index in [0.717, 1.165) is 0 Å². The van der Waals surface area contributed by atoms with Crippen LogP contribution >= 0.6 is 0 Å². The van der Waals surface area contributed by atoms with E-state index in [2.05, 4.69) is 4.98 Å². The topological polar surface area (TPSA) is 67.3 Å². The van der Waals surface area contributed by atoms with Gasteiger partial charge < -0.3 is 5.11 Å². The zero-order chi connectivity index (χ0) is 10.9. The van der Waals surface area contributed by atoms with Gasteiger partial charge in [0.15, 0.2) is 9.84 Å². The van der Waals surface area contributed by atoms with E-state index < -0.39 is 15.9 Å². The van der Waals surface area contributed by atoms with Crippen molar-refractivity contribution in [1.29, 1.82) is 0 Å². The third-order valence-corrected chi connectivity index (χ3v) is 4.53. The number of aliphatic hydroxyl groups is 1. The number of hydrogen-bond acceptors (Lipinski definition) is 4. The molecule has 1 N–H and O–H groups in total. The van der Waals surface area contributed by atoms with Crippen LogP contribution in [0, 0.1) is 5.92 Å². The van der Waals surface area contributed by atoms with Gasteiger partial charge in [0.2, 0.25) is 0 Å². The van der Waals surface area contributed by atoms with Crippen molar-refractivity contribution in [1.82, 2.24) is 4.98 Å². The molecule has 1 aromatic rings. The van der Waals surface area contributed by atoms with Crippen molar-refractivity contribution in [2.24, 2.45) is 5.92 Å². The molecule has 0 radical (unpaired) electrons. The molecule has 1 aliphatic rings. The first-order valence-corrected chi connectivity index (χ1v) is 6.69. The summed E-state index contributed by atoms with van der Waals surface area (Å²) in [5, 5.41) is 9.95. The van der Waals surface area contributed by atoms with Crippen LogP contribution in [0.2, 0.25) is 0 Å². The van der Waals surface area contributed by atoms with Crippen molar-refractivity contribution >= 4 is 9.84 Å². The molecule has 0 aliphatic carbocycles. The van der Waals surface area contributed by atoms with Crippen molar-refractivity contribution in [2.75, 3.05) is 11.5 Å². The quantitative estimate of drug-likeness (QED) is 0.801. The Balaban J connectivity index is 2.14. The Bertz CT molecular complexity index is 429. The minimum atomic E-state index is -2.93. The summed E-state index contributed by atoms with van der Waals surface area (Å²) in [7, 11) is -2.93. The summed E-state index contributed by atoms with van der Waals surface area (Å²) >= 11 is 0. The standard InChI is InChI=1S/C10H13NO3S/c12-10(8-2-1-4-11-6-8)9-3-5-15(13,14)7-9/h1-2,4,6,9-10,12H,3,5,7H2. The smallest absolute Gasteiger partial charge is 0.150 e. The van der Waals surface area contributed by atoms with E-state index in [0.29, 0.717) is 12.0 Å². The number of aromatic nitrogens is 1. The van der Waals surface area contributed by atoms with Gasteiger partial charge in [0.1, 0.15) is 0 Å². The summed E-state index contributed by atoms with van der Waals surface area (Å²) in [6.07, 6.45) is 3.03. The van der Waals surface area contributed by atoms with Crippen LogP contribution in [0.25, 0.3) is 0 Å². The fourth-order valence-electron chi connectivity index (χ4n) is 1.90. The lowest BCUT2D eigenvalue weighted by atomic mass is 9.97. The van der Waals surface area contributed by atoms with Gasteiger partial charge in [0.05, 0.1) is 17.6 Å². The molecule has 0 bridgehead atoms. The first kappa shape index (κ1) is 10.6. The highest BCUT2D eigenvalue weighted by Crippen LogP contribution is 2.30. The molecule has 0 aromatic carbocycles. The van der Waals surface area contributed by atoms with Gasteiger partial charge in [-0.05, 0) is 18.1 Å². The van der Waals surface area contributed by atoms with Crippen LogP contribution < -0.4 is 0 Å². The number of aliphatic hydroxyl groups excluding tert-OH is 1. The largest absolute Gasteiger partial charge is 0.388 e. The fourth-order valence-corrected chi connectivity index (χ4v) is 3.73. The van der Waals surface area contributed by atoms with E-state index in [1.165, 1.54) is 0 Å². The van der Waals surface area contributed by atoms with E-state index in [1.807, 2.05) is 0 Å². The maximum atomic E-state index is 11.2. The van der Waals surface area contributed by atoms with Crippen LogP contribution in [-0.2, 0) is 9.84 Å². The van der Waals surface area contributed by atoms with E-state index in [-0.39, 0.29) is 17.4 Å². The first-order valence-electron chi connectivity index (χ1n) is 4.87. The molecule has 2 atom stereocenters. The maximum Gasteiger partial charge on any atom is 0.150 e. The Kier molecular flexibility index (Phi) is 2.75. The molecule has 1 fully saturated rings. The van der Waals surface area contributed by atoms with Gasteiger partial charge in [-0.15, -0.1) is 0 Å². The third kappa shape index (κ3) is 2.35. The molecule has 4 nitrogen and oxygen atoms in total. The van der Waals surface area contributed by atoms with E-state index in [1.54, 1.807) is 24.5 Å². The van der Waals surface area contributed by atoms with Crippen LogP contribution in [0.15, 0.2) is 24.5 Å². The summed E-state index contributed by atoms with van der Waals surface area (Å²) in [4.78, 5) is 3.90. The van der Waals surface area contributed by atoms with Crippen LogP contribution in [0.4, 0.5) is 0 Å². The molecule has 1 aromatic heterocycles. The predicted molar refractivity (Wildman–Crippen MR) is 56.0 cm³/mol. The molecule has 0 spiro atoms. The number of pyridine rings is 1. The van der Waals surface area contributed by atoms with Gasteiger partial charge in [-0.25, -0.2) is 8.42 Å². The fraction of sp³-hybridized carbons (Fsp3) is 0.500. The summed E-state index contributed by atoms with van der Waals surface area (Å²) < 4.78 is 22.5. The van der Waals surface area contributed by atoms with Crippen molar-refractivity contribution in [2.45, 2.75) is 12.5 Å². The number of hydrogen-bond donors (Lipinski definition) is 1. The highest BCUT2D eigenvalue weighted by Gasteiger charge is 2.33.